The number of hydrogen-bond donors (Lipinski definition) is 2. The molecule has 1 aromatic rings. The molecule has 0 radical (unpaired) electrons. The van der Waals surface area contributed by atoms with Crippen molar-refractivity contribution in [1.82, 2.24) is 0 Å². The molecule has 0 fully saturated rings. The maximum Gasteiger partial charge on any atom is 0.489 e. The molecule has 0 aromatic heterocycles. The predicted molar refractivity (Wildman–Crippen MR) is 52.8 cm³/mol. The molecular weight excluding hydrogens is 183 g/mol. The van der Waals surface area contributed by atoms with Crippen molar-refractivity contribution in [3.8, 4) is 5.75 Å². The lowest BCUT2D eigenvalue weighted by molar-refractivity contribution is 0.101. The van der Waals surface area contributed by atoms with E-state index in [-0.39, 0.29) is 16.8 Å². The Kier molecular flexibility index (Phi) is 3.27. The number of methoxy groups -OCH3 is 1. The zero-order valence-corrected chi connectivity index (χ0v) is 8.02. The Morgan fingerprint density at radius 1 is 1.43 bits per heavy atom. The Labute approximate surface area is 82.3 Å². The molecule has 5 heteroatoms. The minimum Gasteiger partial charge on any atom is -0.497 e. The molecule has 0 saturated heterocycles. The van der Waals surface area contributed by atoms with Crippen LogP contribution in [0.3, 0.4) is 0 Å². The summed E-state index contributed by atoms with van der Waals surface area (Å²) in [7, 11) is -0.159. The molecule has 1 rings (SSSR count). The Balaban J connectivity index is 3.24. The topological polar surface area (TPSA) is 66.8 Å². The third-order valence-electron chi connectivity index (χ3n) is 1.92. The van der Waals surface area contributed by atoms with Gasteiger partial charge >= 0.3 is 7.12 Å². The molecule has 0 aliphatic carbocycles. The maximum absolute atomic E-state index is 11.2. The van der Waals surface area contributed by atoms with Gasteiger partial charge in [0.2, 0.25) is 0 Å². The molecule has 1 aromatic carbocycles. The van der Waals surface area contributed by atoms with Crippen molar-refractivity contribution in [3.05, 3.63) is 23.8 Å². The quantitative estimate of drug-likeness (QED) is 0.506. The minimum atomic E-state index is -1.64. The van der Waals surface area contributed by atoms with Gasteiger partial charge in [-0.25, -0.2) is 0 Å². The van der Waals surface area contributed by atoms with Crippen molar-refractivity contribution in [1.29, 1.82) is 0 Å². The molecular formula is C9H11BO4. The van der Waals surface area contributed by atoms with E-state index in [0.29, 0.717) is 5.75 Å². The fraction of sp³-hybridized carbons (Fsp3) is 0.222. The van der Waals surface area contributed by atoms with Crippen molar-refractivity contribution < 1.29 is 19.6 Å². The maximum atomic E-state index is 11.2. The first-order valence-electron chi connectivity index (χ1n) is 4.11. The smallest absolute Gasteiger partial charge is 0.489 e. The van der Waals surface area contributed by atoms with Crippen LogP contribution in [0.15, 0.2) is 18.2 Å². The van der Waals surface area contributed by atoms with Crippen LogP contribution in [-0.4, -0.2) is 30.1 Å². The van der Waals surface area contributed by atoms with Gasteiger partial charge in [0.25, 0.3) is 0 Å². The summed E-state index contributed by atoms with van der Waals surface area (Å²) in [5.74, 6) is 0.284. The van der Waals surface area contributed by atoms with Crippen molar-refractivity contribution >= 4 is 18.4 Å². The average Bonchev–Trinajstić information content (AvgIpc) is 2.16. The van der Waals surface area contributed by atoms with Gasteiger partial charge in [0.15, 0.2) is 5.78 Å². The third-order valence-corrected chi connectivity index (χ3v) is 1.92. The standard InChI is InChI=1S/C9H11BO4/c1-6(11)8-5-7(14-2)3-4-9(8)10(12)13/h3-5,12-13H,1-2H3. The first kappa shape index (κ1) is 10.8. The predicted octanol–water partition coefficient (Wildman–Crippen LogP) is -0.422. The first-order valence-corrected chi connectivity index (χ1v) is 4.11. The molecule has 0 amide bonds. The molecule has 14 heavy (non-hydrogen) atoms. The second-order valence-electron chi connectivity index (χ2n) is 2.88. The number of rotatable bonds is 3. The van der Waals surface area contributed by atoms with Crippen molar-refractivity contribution in [3.63, 3.8) is 0 Å². The fourth-order valence-corrected chi connectivity index (χ4v) is 1.19. The Hall–Kier alpha value is -1.33. The first-order chi connectivity index (χ1) is 6.56. The van der Waals surface area contributed by atoms with Crippen LogP contribution in [0.2, 0.25) is 0 Å². The van der Waals surface area contributed by atoms with Crippen LogP contribution in [0.25, 0.3) is 0 Å². The highest BCUT2D eigenvalue weighted by Crippen LogP contribution is 2.11. The van der Waals surface area contributed by atoms with E-state index in [0.717, 1.165) is 0 Å². The van der Waals surface area contributed by atoms with Crippen LogP contribution < -0.4 is 10.2 Å². The molecule has 0 saturated carbocycles. The summed E-state index contributed by atoms with van der Waals surface area (Å²) in [6.45, 7) is 1.36. The molecule has 74 valence electrons. The van der Waals surface area contributed by atoms with Crippen molar-refractivity contribution in [2.75, 3.05) is 7.11 Å². The van der Waals surface area contributed by atoms with Crippen molar-refractivity contribution in [2.24, 2.45) is 0 Å². The summed E-state index contributed by atoms with van der Waals surface area (Å²) in [6.07, 6.45) is 0. The highest BCUT2D eigenvalue weighted by molar-refractivity contribution is 6.60. The van der Waals surface area contributed by atoms with Gasteiger partial charge in [-0.05, 0) is 24.5 Å². The van der Waals surface area contributed by atoms with E-state index in [4.69, 9.17) is 14.8 Å². The Bertz CT molecular complexity index is 349. The number of benzene rings is 1. The lowest BCUT2D eigenvalue weighted by Crippen LogP contribution is -2.34. The molecule has 2 N–H and O–H groups in total. The summed E-state index contributed by atoms with van der Waals surface area (Å²) in [6, 6.07) is 4.51. The van der Waals surface area contributed by atoms with Gasteiger partial charge in [-0.3, -0.25) is 4.79 Å². The van der Waals surface area contributed by atoms with Gasteiger partial charge in [-0.15, -0.1) is 0 Å². The van der Waals surface area contributed by atoms with Crippen LogP contribution in [-0.2, 0) is 0 Å². The van der Waals surface area contributed by atoms with E-state index in [1.54, 1.807) is 6.07 Å². The van der Waals surface area contributed by atoms with E-state index >= 15 is 0 Å². The van der Waals surface area contributed by atoms with Crippen LogP contribution in [0.1, 0.15) is 17.3 Å². The monoisotopic (exact) mass is 194 g/mol. The van der Waals surface area contributed by atoms with Gasteiger partial charge in [-0.2, -0.15) is 0 Å². The second kappa shape index (κ2) is 4.26. The van der Waals surface area contributed by atoms with Crippen LogP contribution in [0, 0.1) is 0 Å². The SMILES string of the molecule is COc1ccc(B(O)O)c(C(C)=O)c1. The zero-order valence-electron chi connectivity index (χ0n) is 8.02. The molecule has 0 bridgehead atoms. The molecule has 4 nitrogen and oxygen atoms in total. The molecule has 0 atom stereocenters. The van der Waals surface area contributed by atoms with Gasteiger partial charge < -0.3 is 14.8 Å². The summed E-state index contributed by atoms with van der Waals surface area (Å²) >= 11 is 0. The van der Waals surface area contributed by atoms with Crippen LogP contribution in [0.4, 0.5) is 0 Å². The zero-order chi connectivity index (χ0) is 10.7. The van der Waals surface area contributed by atoms with E-state index in [1.165, 1.54) is 26.2 Å². The van der Waals surface area contributed by atoms with E-state index in [2.05, 4.69) is 0 Å². The van der Waals surface area contributed by atoms with Crippen LogP contribution in [0.5, 0.6) is 5.75 Å². The Morgan fingerprint density at radius 2 is 2.07 bits per heavy atom. The summed E-state index contributed by atoms with van der Waals surface area (Å²) < 4.78 is 4.92. The summed E-state index contributed by atoms with van der Waals surface area (Å²) in [4.78, 5) is 11.2. The summed E-state index contributed by atoms with van der Waals surface area (Å²) in [5, 5.41) is 18.0. The molecule has 0 aliphatic heterocycles. The lowest BCUT2D eigenvalue weighted by Gasteiger charge is -2.07. The van der Waals surface area contributed by atoms with Gasteiger partial charge in [-0.1, -0.05) is 6.07 Å². The average molecular weight is 194 g/mol. The molecule has 0 heterocycles. The number of carbonyl (C=O) groups is 1. The number of hydrogen-bond acceptors (Lipinski definition) is 4. The van der Waals surface area contributed by atoms with Gasteiger partial charge in [0, 0.05) is 5.56 Å². The highest BCUT2D eigenvalue weighted by Gasteiger charge is 2.18. The molecule has 0 aliphatic rings. The number of Topliss-reactive ketones (excluding diaryl/α,β-unsaturated/α-hetero) is 1. The Morgan fingerprint density at radius 3 is 2.50 bits per heavy atom. The van der Waals surface area contributed by atoms with Gasteiger partial charge in [0.1, 0.15) is 5.75 Å². The van der Waals surface area contributed by atoms with Crippen LogP contribution >= 0.6 is 0 Å². The highest BCUT2D eigenvalue weighted by atomic mass is 16.5. The normalized spacial score (nSPS) is 9.71. The fourth-order valence-electron chi connectivity index (χ4n) is 1.19. The molecule has 0 unspecified atom stereocenters. The lowest BCUT2D eigenvalue weighted by atomic mass is 9.76. The summed E-state index contributed by atoms with van der Waals surface area (Å²) in [5.41, 5.74) is 0.456. The number of ether oxygens (including phenoxy) is 1. The van der Waals surface area contributed by atoms with E-state index < -0.39 is 7.12 Å². The van der Waals surface area contributed by atoms with Crippen molar-refractivity contribution in [2.45, 2.75) is 6.92 Å². The molecule has 0 spiro atoms. The van der Waals surface area contributed by atoms with E-state index in [9.17, 15) is 4.79 Å². The number of carbonyl (C=O) groups excluding carboxylic acids is 1. The third kappa shape index (κ3) is 2.13. The van der Waals surface area contributed by atoms with E-state index in [1.807, 2.05) is 0 Å². The van der Waals surface area contributed by atoms with Gasteiger partial charge in [0.05, 0.1) is 7.11 Å². The number of ketones is 1. The largest absolute Gasteiger partial charge is 0.497 e. The minimum absolute atomic E-state index is 0.193. The second-order valence-corrected chi connectivity index (χ2v) is 2.88.